The Balaban J connectivity index is 0.00000112. The zero-order valence-corrected chi connectivity index (χ0v) is 9.94. The van der Waals surface area contributed by atoms with E-state index in [4.69, 9.17) is 0 Å². The molecule has 15 heavy (non-hydrogen) atoms. The fourth-order valence-corrected chi connectivity index (χ4v) is 2.47. The van der Waals surface area contributed by atoms with Crippen molar-refractivity contribution in [2.24, 2.45) is 5.92 Å². The van der Waals surface area contributed by atoms with Crippen LogP contribution < -0.4 is 10.6 Å². The van der Waals surface area contributed by atoms with Crippen molar-refractivity contribution >= 4 is 18.3 Å². The lowest BCUT2D eigenvalue weighted by Crippen LogP contribution is -2.44. The van der Waals surface area contributed by atoms with Gasteiger partial charge in [0, 0.05) is 12.0 Å². The van der Waals surface area contributed by atoms with E-state index in [9.17, 15) is 4.79 Å². The minimum absolute atomic E-state index is 0. The van der Waals surface area contributed by atoms with Crippen molar-refractivity contribution in [1.29, 1.82) is 0 Å². The SMILES string of the molecule is Cl.O=C(NC1CCNCC1)C1CCCC1. The lowest BCUT2D eigenvalue weighted by Gasteiger charge is -2.25. The van der Waals surface area contributed by atoms with Gasteiger partial charge in [-0.2, -0.15) is 0 Å². The average Bonchev–Trinajstić information content (AvgIpc) is 2.72. The second kappa shape index (κ2) is 6.33. The van der Waals surface area contributed by atoms with E-state index in [-0.39, 0.29) is 12.4 Å². The number of rotatable bonds is 2. The van der Waals surface area contributed by atoms with Gasteiger partial charge in [0.05, 0.1) is 0 Å². The molecule has 88 valence electrons. The van der Waals surface area contributed by atoms with E-state index in [1.165, 1.54) is 12.8 Å². The van der Waals surface area contributed by atoms with E-state index in [0.29, 0.717) is 17.9 Å². The molecule has 0 radical (unpaired) electrons. The molecule has 0 spiro atoms. The van der Waals surface area contributed by atoms with Gasteiger partial charge in [0.15, 0.2) is 0 Å². The van der Waals surface area contributed by atoms with Crippen molar-refractivity contribution in [2.75, 3.05) is 13.1 Å². The zero-order valence-electron chi connectivity index (χ0n) is 9.13. The summed E-state index contributed by atoms with van der Waals surface area (Å²) in [4.78, 5) is 11.8. The Morgan fingerprint density at radius 1 is 1.07 bits per heavy atom. The Bertz CT molecular complexity index is 199. The molecule has 2 fully saturated rings. The first-order valence-corrected chi connectivity index (χ1v) is 5.87. The highest BCUT2D eigenvalue weighted by atomic mass is 35.5. The maximum absolute atomic E-state index is 11.8. The van der Waals surface area contributed by atoms with Gasteiger partial charge in [-0.05, 0) is 38.8 Å². The van der Waals surface area contributed by atoms with Gasteiger partial charge in [-0.3, -0.25) is 4.79 Å². The molecule has 1 aliphatic heterocycles. The van der Waals surface area contributed by atoms with E-state index in [2.05, 4.69) is 10.6 Å². The van der Waals surface area contributed by atoms with Gasteiger partial charge in [-0.15, -0.1) is 12.4 Å². The molecule has 0 atom stereocenters. The molecule has 0 aromatic heterocycles. The molecular weight excluding hydrogens is 212 g/mol. The summed E-state index contributed by atoms with van der Waals surface area (Å²) in [6, 6.07) is 0.435. The Labute approximate surface area is 97.8 Å². The predicted molar refractivity (Wildman–Crippen MR) is 63.2 cm³/mol. The van der Waals surface area contributed by atoms with Crippen molar-refractivity contribution in [3.05, 3.63) is 0 Å². The van der Waals surface area contributed by atoms with Crippen LogP contribution in [0, 0.1) is 5.92 Å². The van der Waals surface area contributed by atoms with Crippen LogP contribution in [0.2, 0.25) is 0 Å². The third-order valence-corrected chi connectivity index (χ3v) is 3.41. The summed E-state index contributed by atoms with van der Waals surface area (Å²) in [5.41, 5.74) is 0. The van der Waals surface area contributed by atoms with Gasteiger partial charge in [0.2, 0.25) is 5.91 Å². The number of hydrogen-bond acceptors (Lipinski definition) is 2. The van der Waals surface area contributed by atoms with Crippen molar-refractivity contribution in [1.82, 2.24) is 10.6 Å². The van der Waals surface area contributed by atoms with Crippen LogP contribution in [0.1, 0.15) is 38.5 Å². The molecule has 1 heterocycles. The van der Waals surface area contributed by atoms with Gasteiger partial charge in [-0.25, -0.2) is 0 Å². The van der Waals surface area contributed by atoms with Gasteiger partial charge in [0.25, 0.3) is 0 Å². The van der Waals surface area contributed by atoms with Crippen LogP contribution >= 0.6 is 12.4 Å². The summed E-state index contributed by atoms with van der Waals surface area (Å²) in [5, 5.41) is 6.49. The summed E-state index contributed by atoms with van der Waals surface area (Å²) in [5.74, 6) is 0.638. The highest BCUT2D eigenvalue weighted by molar-refractivity contribution is 5.85. The van der Waals surface area contributed by atoms with Crippen molar-refractivity contribution in [3.8, 4) is 0 Å². The molecule has 0 aromatic carbocycles. The van der Waals surface area contributed by atoms with Crippen molar-refractivity contribution < 1.29 is 4.79 Å². The van der Waals surface area contributed by atoms with Crippen LogP contribution in [0.3, 0.4) is 0 Å². The zero-order chi connectivity index (χ0) is 9.80. The largest absolute Gasteiger partial charge is 0.353 e. The predicted octanol–water partition coefficient (Wildman–Crippen LogP) is 1.47. The lowest BCUT2D eigenvalue weighted by atomic mass is 10.0. The van der Waals surface area contributed by atoms with Gasteiger partial charge in [-0.1, -0.05) is 12.8 Å². The molecule has 2 aliphatic rings. The summed E-state index contributed by atoms with van der Waals surface area (Å²) in [6.45, 7) is 2.10. The maximum Gasteiger partial charge on any atom is 0.223 e. The Kier molecular flexibility index (Phi) is 5.40. The number of amides is 1. The first-order valence-electron chi connectivity index (χ1n) is 5.87. The summed E-state index contributed by atoms with van der Waals surface area (Å²) < 4.78 is 0. The molecule has 0 unspecified atom stereocenters. The molecule has 1 saturated carbocycles. The third kappa shape index (κ3) is 3.65. The number of carbonyl (C=O) groups excluding carboxylic acids is 1. The number of hydrogen-bond donors (Lipinski definition) is 2. The van der Waals surface area contributed by atoms with Crippen LogP contribution in [0.5, 0.6) is 0 Å². The second-order valence-electron chi connectivity index (χ2n) is 4.51. The number of nitrogens with one attached hydrogen (secondary N) is 2. The normalized spacial score (nSPS) is 23.5. The number of piperidine rings is 1. The molecule has 1 amide bonds. The Morgan fingerprint density at radius 3 is 2.27 bits per heavy atom. The van der Waals surface area contributed by atoms with E-state index in [1.54, 1.807) is 0 Å². The molecule has 3 nitrogen and oxygen atoms in total. The molecule has 1 saturated heterocycles. The first-order chi connectivity index (χ1) is 6.86. The number of carbonyl (C=O) groups is 1. The Hall–Kier alpha value is -0.280. The monoisotopic (exact) mass is 232 g/mol. The maximum atomic E-state index is 11.8. The van der Waals surface area contributed by atoms with Gasteiger partial charge < -0.3 is 10.6 Å². The fourth-order valence-electron chi connectivity index (χ4n) is 2.47. The molecule has 0 bridgehead atoms. The quantitative estimate of drug-likeness (QED) is 0.757. The van der Waals surface area contributed by atoms with E-state index >= 15 is 0 Å². The minimum Gasteiger partial charge on any atom is -0.353 e. The standard InChI is InChI=1S/C11H20N2O.ClH/c14-11(9-3-1-2-4-9)13-10-5-7-12-8-6-10;/h9-10,12H,1-8H2,(H,13,14);1H. The van der Waals surface area contributed by atoms with E-state index in [1.807, 2.05) is 0 Å². The lowest BCUT2D eigenvalue weighted by molar-refractivity contribution is -0.125. The molecule has 4 heteroatoms. The topological polar surface area (TPSA) is 41.1 Å². The van der Waals surface area contributed by atoms with Crippen LogP contribution in [0.4, 0.5) is 0 Å². The van der Waals surface area contributed by atoms with Crippen LogP contribution in [0.15, 0.2) is 0 Å². The van der Waals surface area contributed by atoms with Gasteiger partial charge >= 0.3 is 0 Å². The average molecular weight is 233 g/mol. The minimum atomic E-state index is 0. The number of halogens is 1. The summed E-state index contributed by atoms with van der Waals surface area (Å²) in [7, 11) is 0. The van der Waals surface area contributed by atoms with Crippen LogP contribution in [-0.2, 0) is 4.79 Å². The second-order valence-corrected chi connectivity index (χ2v) is 4.51. The molecule has 2 rings (SSSR count). The molecule has 0 aromatic rings. The van der Waals surface area contributed by atoms with E-state index in [0.717, 1.165) is 38.8 Å². The summed E-state index contributed by atoms with van der Waals surface area (Å²) >= 11 is 0. The van der Waals surface area contributed by atoms with Crippen molar-refractivity contribution in [2.45, 2.75) is 44.6 Å². The van der Waals surface area contributed by atoms with Crippen LogP contribution in [-0.4, -0.2) is 25.0 Å². The van der Waals surface area contributed by atoms with Gasteiger partial charge in [0.1, 0.15) is 0 Å². The molecular formula is C11H21ClN2O. The summed E-state index contributed by atoms with van der Waals surface area (Å²) in [6.07, 6.45) is 6.89. The first kappa shape index (κ1) is 12.8. The molecule has 2 N–H and O–H groups in total. The molecule has 1 aliphatic carbocycles. The van der Waals surface area contributed by atoms with E-state index < -0.39 is 0 Å². The smallest absolute Gasteiger partial charge is 0.223 e. The fraction of sp³-hybridized carbons (Fsp3) is 0.909. The Morgan fingerprint density at radius 2 is 1.67 bits per heavy atom. The highest BCUT2D eigenvalue weighted by Gasteiger charge is 2.24. The highest BCUT2D eigenvalue weighted by Crippen LogP contribution is 2.25. The van der Waals surface area contributed by atoms with Crippen LogP contribution in [0.25, 0.3) is 0 Å². The van der Waals surface area contributed by atoms with Crippen molar-refractivity contribution in [3.63, 3.8) is 0 Å². The third-order valence-electron chi connectivity index (χ3n) is 3.41.